The lowest BCUT2D eigenvalue weighted by atomic mass is 10.1. The van der Waals surface area contributed by atoms with Gasteiger partial charge in [0.15, 0.2) is 0 Å². The highest BCUT2D eigenvalue weighted by Gasteiger charge is 2.48. The van der Waals surface area contributed by atoms with Crippen molar-refractivity contribution in [2.75, 3.05) is 26.0 Å². The summed E-state index contributed by atoms with van der Waals surface area (Å²) < 4.78 is 43.7. The van der Waals surface area contributed by atoms with Gasteiger partial charge in [0.2, 0.25) is 0 Å². The molecule has 0 saturated carbocycles. The number of likely N-dealkylation sites (tertiary alicyclic amines) is 1. The number of nitrogens with zero attached hydrogens (tertiary/aromatic N) is 1. The summed E-state index contributed by atoms with van der Waals surface area (Å²) in [5.41, 5.74) is -0.483. The van der Waals surface area contributed by atoms with Crippen LogP contribution in [0.1, 0.15) is 25.8 Å². The van der Waals surface area contributed by atoms with Crippen LogP contribution in [0.2, 0.25) is 0 Å². The molecule has 28 heavy (non-hydrogen) atoms. The number of carbonyl (C=O) groups is 2. The summed E-state index contributed by atoms with van der Waals surface area (Å²) in [6.07, 6.45) is -0.526. The van der Waals surface area contributed by atoms with Gasteiger partial charge in [0, 0.05) is 6.42 Å². The highest BCUT2D eigenvalue weighted by Crippen LogP contribution is 2.33. The van der Waals surface area contributed by atoms with E-state index in [1.165, 1.54) is 4.90 Å². The van der Waals surface area contributed by atoms with Gasteiger partial charge in [-0.25, -0.2) is 9.59 Å². The Labute approximate surface area is 164 Å². The fourth-order valence-corrected chi connectivity index (χ4v) is 3.55. The van der Waals surface area contributed by atoms with Gasteiger partial charge < -0.3 is 14.2 Å². The first-order chi connectivity index (χ1) is 13.1. The van der Waals surface area contributed by atoms with E-state index < -0.39 is 40.6 Å². The van der Waals surface area contributed by atoms with Crippen LogP contribution in [0, 0.1) is 0 Å². The van der Waals surface area contributed by atoms with Crippen LogP contribution in [0.25, 0.3) is 0 Å². The third-order valence-corrected chi connectivity index (χ3v) is 4.73. The number of carbonyl (C=O) groups excluding carboxylic acids is 2. The largest absolute Gasteiger partial charge is 0.464 e. The Hall–Kier alpha value is -2.17. The molecule has 0 aliphatic carbocycles. The van der Waals surface area contributed by atoms with Crippen LogP contribution in [0.5, 0.6) is 0 Å². The van der Waals surface area contributed by atoms with E-state index in [4.69, 9.17) is 18.4 Å². The summed E-state index contributed by atoms with van der Waals surface area (Å²) in [5.74, 6) is -0.589. The molecule has 2 rings (SSSR count). The molecule has 1 saturated heterocycles. The standard InChI is InChI=1S/C18H25NO8S/c1-4-24-16(20)13-26-18(2)10-15(27-28(3,22)23)11-19(18)17(21)25-12-14-8-6-5-7-9-14/h5-9,15H,4,10-13H2,1-3H3/t15-,18+/m1/s1. The lowest BCUT2D eigenvalue weighted by Crippen LogP contribution is -2.48. The number of rotatable bonds is 8. The van der Waals surface area contributed by atoms with Gasteiger partial charge in [-0.2, -0.15) is 8.42 Å². The molecule has 1 fully saturated rings. The Morgan fingerprint density at radius 1 is 1.21 bits per heavy atom. The fraction of sp³-hybridized carbons (Fsp3) is 0.556. The SMILES string of the molecule is CCOC(=O)CO[C@@]1(C)C[C@@H](OS(C)(=O)=O)CN1C(=O)OCc1ccccc1. The average molecular weight is 415 g/mol. The van der Waals surface area contributed by atoms with Gasteiger partial charge in [0.05, 0.1) is 25.5 Å². The fourth-order valence-electron chi connectivity index (χ4n) is 2.92. The molecule has 0 unspecified atom stereocenters. The predicted octanol–water partition coefficient (Wildman–Crippen LogP) is 1.67. The van der Waals surface area contributed by atoms with Crippen molar-refractivity contribution in [3.63, 3.8) is 0 Å². The van der Waals surface area contributed by atoms with E-state index in [9.17, 15) is 18.0 Å². The molecule has 1 aliphatic rings. The quantitative estimate of drug-likeness (QED) is 0.466. The van der Waals surface area contributed by atoms with E-state index in [2.05, 4.69) is 0 Å². The topological polar surface area (TPSA) is 108 Å². The van der Waals surface area contributed by atoms with Gasteiger partial charge in [-0.1, -0.05) is 30.3 Å². The smallest absolute Gasteiger partial charge is 0.412 e. The monoisotopic (exact) mass is 415 g/mol. The summed E-state index contributed by atoms with van der Waals surface area (Å²) in [4.78, 5) is 25.5. The van der Waals surface area contributed by atoms with Crippen LogP contribution in [-0.4, -0.2) is 63.2 Å². The molecule has 9 nitrogen and oxygen atoms in total. The van der Waals surface area contributed by atoms with E-state index in [0.29, 0.717) is 0 Å². The van der Waals surface area contributed by atoms with Crippen molar-refractivity contribution in [1.29, 1.82) is 0 Å². The van der Waals surface area contributed by atoms with Crippen LogP contribution in [0.4, 0.5) is 4.79 Å². The molecule has 1 aromatic carbocycles. The minimum Gasteiger partial charge on any atom is -0.464 e. The van der Waals surface area contributed by atoms with Crippen molar-refractivity contribution in [3.05, 3.63) is 35.9 Å². The Kier molecular flexibility index (Phi) is 7.39. The zero-order chi connectivity index (χ0) is 20.8. The molecule has 1 amide bonds. The van der Waals surface area contributed by atoms with Crippen molar-refractivity contribution < 1.29 is 36.4 Å². The summed E-state index contributed by atoms with van der Waals surface area (Å²) in [7, 11) is -3.73. The first kappa shape index (κ1) is 22.1. The van der Waals surface area contributed by atoms with Crippen LogP contribution in [0.15, 0.2) is 30.3 Å². The molecule has 2 atom stereocenters. The van der Waals surface area contributed by atoms with Gasteiger partial charge in [0.25, 0.3) is 10.1 Å². The Bertz CT molecular complexity index is 782. The van der Waals surface area contributed by atoms with Crippen molar-refractivity contribution >= 4 is 22.2 Å². The lowest BCUT2D eigenvalue weighted by Gasteiger charge is -2.33. The predicted molar refractivity (Wildman–Crippen MR) is 98.7 cm³/mol. The zero-order valence-electron chi connectivity index (χ0n) is 16.1. The highest BCUT2D eigenvalue weighted by molar-refractivity contribution is 7.86. The summed E-state index contributed by atoms with van der Waals surface area (Å²) in [6, 6.07) is 9.11. The van der Waals surface area contributed by atoms with E-state index in [-0.39, 0.29) is 26.2 Å². The minimum absolute atomic E-state index is 0.0434. The second-order valence-corrected chi connectivity index (χ2v) is 8.15. The molecule has 0 radical (unpaired) electrons. The second kappa shape index (κ2) is 9.35. The van der Waals surface area contributed by atoms with Crippen molar-refractivity contribution in [1.82, 2.24) is 4.90 Å². The summed E-state index contributed by atoms with van der Waals surface area (Å²) >= 11 is 0. The molecule has 1 heterocycles. The maximum absolute atomic E-state index is 12.6. The molecular weight excluding hydrogens is 390 g/mol. The third kappa shape index (κ3) is 6.47. The number of hydrogen-bond donors (Lipinski definition) is 0. The van der Waals surface area contributed by atoms with Crippen LogP contribution in [0.3, 0.4) is 0 Å². The molecule has 0 bridgehead atoms. The second-order valence-electron chi connectivity index (χ2n) is 6.55. The molecular formula is C18H25NO8S. The Morgan fingerprint density at radius 3 is 2.50 bits per heavy atom. The van der Waals surface area contributed by atoms with Gasteiger partial charge in [-0.15, -0.1) is 0 Å². The molecule has 156 valence electrons. The molecule has 0 N–H and O–H groups in total. The molecule has 0 spiro atoms. The maximum atomic E-state index is 12.6. The van der Waals surface area contributed by atoms with Crippen LogP contribution >= 0.6 is 0 Å². The Morgan fingerprint density at radius 2 is 1.89 bits per heavy atom. The van der Waals surface area contributed by atoms with Gasteiger partial charge >= 0.3 is 12.1 Å². The number of amides is 1. The van der Waals surface area contributed by atoms with Gasteiger partial charge in [-0.05, 0) is 19.4 Å². The van der Waals surface area contributed by atoms with Crippen molar-refractivity contribution in [2.24, 2.45) is 0 Å². The van der Waals surface area contributed by atoms with E-state index in [1.54, 1.807) is 13.8 Å². The maximum Gasteiger partial charge on any atom is 0.412 e. The molecule has 1 aliphatic heterocycles. The number of ether oxygens (including phenoxy) is 3. The zero-order valence-corrected chi connectivity index (χ0v) is 16.9. The number of benzene rings is 1. The normalized spacial score (nSPS) is 22.1. The first-order valence-corrected chi connectivity index (χ1v) is 10.6. The highest BCUT2D eigenvalue weighted by atomic mass is 32.2. The average Bonchev–Trinajstić information content (AvgIpc) is 2.94. The number of esters is 1. The van der Waals surface area contributed by atoms with Crippen LogP contribution < -0.4 is 0 Å². The minimum atomic E-state index is -3.73. The summed E-state index contributed by atoms with van der Waals surface area (Å²) in [6.45, 7) is 3.03. The molecule has 10 heteroatoms. The van der Waals surface area contributed by atoms with E-state index >= 15 is 0 Å². The van der Waals surface area contributed by atoms with Crippen molar-refractivity contribution in [2.45, 2.75) is 38.7 Å². The lowest BCUT2D eigenvalue weighted by molar-refractivity contribution is -0.165. The molecule has 0 aromatic heterocycles. The summed E-state index contributed by atoms with van der Waals surface area (Å²) in [5, 5.41) is 0. The van der Waals surface area contributed by atoms with Crippen LogP contribution in [-0.2, 0) is 39.9 Å². The van der Waals surface area contributed by atoms with E-state index in [1.807, 2.05) is 30.3 Å². The van der Waals surface area contributed by atoms with Crippen molar-refractivity contribution in [3.8, 4) is 0 Å². The Balaban J connectivity index is 2.08. The molecule has 1 aromatic rings. The number of hydrogen-bond acceptors (Lipinski definition) is 8. The van der Waals surface area contributed by atoms with Gasteiger partial charge in [-0.3, -0.25) is 9.08 Å². The first-order valence-electron chi connectivity index (χ1n) is 8.79. The van der Waals surface area contributed by atoms with Gasteiger partial charge in [0.1, 0.15) is 18.9 Å². The van der Waals surface area contributed by atoms with E-state index in [0.717, 1.165) is 11.8 Å². The third-order valence-electron chi connectivity index (χ3n) is 4.11.